The molecular formula is C21H29ClN2O3. The fourth-order valence-corrected chi connectivity index (χ4v) is 4.68. The van der Waals surface area contributed by atoms with E-state index in [9.17, 15) is 9.59 Å². The number of ketones is 1. The summed E-state index contributed by atoms with van der Waals surface area (Å²) in [7, 11) is 1.50. The van der Waals surface area contributed by atoms with E-state index in [0.717, 1.165) is 24.3 Å². The van der Waals surface area contributed by atoms with Crippen molar-refractivity contribution in [2.45, 2.75) is 44.6 Å². The van der Waals surface area contributed by atoms with Crippen LogP contribution in [0.1, 0.15) is 49.3 Å². The molecule has 0 saturated heterocycles. The third-order valence-electron chi connectivity index (χ3n) is 5.70. The number of hydrogen-bond donors (Lipinski definition) is 1. The zero-order chi connectivity index (χ0) is 19.2. The summed E-state index contributed by atoms with van der Waals surface area (Å²) in [6, 6.07) is 6.21. The van der Waals surface area contributed by atoms with Gasteiger partial charge in [-0.3, -0.25) is 9.59 Å². The molecular weight excluding hydrogens is 364 g/mol. The molecule has 1 unspecified atom stereocenters. The minimum atomic E-state index is -0.0484. The summed E-state index contributed by atoms with van der Waals surface area (Å²) >= 11 is 6.20. The van der Waals surface area contributed by atoms with Gasteiger partial charge < -0.3 is 15.0 Å². The van der Waals surface area contributed by atoms with Crippen molar-refractivity contribution in [1.82, 2.24) is 10.2 Å². The number of carbonyl (C=O) groups excluding carboxylic acids is 2. The van der Waals surface area contributed by atoms with Crippen LogP contribution in [0.5, 0.6) is 0 Å². The second kappa shape index (κ2) is 9.67. The molecule has 1 aromatic rings. The smallest absolute Gasteiger partial charge is 0.237 e. The van der Waals surface area contributed by atoms with Crippen LogP contribution in [0.25, 0.3) is 0 Å². The van der Waals surface area contributed by atoms with Crippen LogP contribution in [0.3, 0.4) is 0 Å². The Hall–Kier alpha value is -1.43. The Morgan fingerprint density at radius 3 is 2.74 bits per heavy atom. The summed E-state index contributed by atoms with van der Waals surface area (Å²) in [5, 5.41) is 3.74. The van der Waals surface area contributed by atoms with Gasteiger partial charge >= 0.3 is 0 Å². The molecule has 27 heavy (non-hydrogen) atoms. The number of halogens is 1. The molecule has 1 amide bonds. The normalized spacial score (nSPS) is 20.4. The zero-order valence-electron chi connectivity index (χ0n) is 16.0. The summed E-state index contributed by atoms with van der Waals surface area (Å²) in [5.74, 6) is 0.516. The Morgan fingerprint density at radius 1 is 1.22 bits per heavy atom. The number of Topliss-reactive ketones (excluding diaryl/α,β-unsaturated/α-hetero) is 1. The second-order valence-corrected chi connectivity index (χ2v) is 8.03. The minimum absolute atomic E-state index is 0.0484. The lowest BCUT2D eigenvalue weighted by Gasteiger charge is -2.43. The molecule has 1 aliphatic carbocycles. The van der Waals surface area contributed by atoms with Gasteiger partial charge in [0.15, 0.2) is 5.78 Å². The molecule has 5 nitrogen and oxygen atoms in total. The van der Waals surface area contributed by atoms with E-state index < -0.39 is 0 Å². The Bertz CT molecular complexity index is 673. The first kappa shape index (κ1) is 20.3. The number of rotatable bonds is 7. The van der Waals surface area contributed by atoms with Crippen LogP contribution >= 0.6 is 11.6 Å². The molecule has 0 aromatic heterocycles. The van der Waals surface area contributed by atoms with E-state index in [0.29, 0.717) is 12.5 Å². The summed E-state index contributed by atoms with van der Waals surface area (Å²) in [5.41, 5.74) is 2.52. The molecule has 1 heterocycles. The van der Waals surface area contributed by atoms with Crippen LogP contribution in [-0.2, 0) is 20.7 Å². The highest BCUT2D eigenvalue weighted by Gasteiger charge is 2.36. The molecule has 1 atom stereocenters. The molecule has 1 aromatic carbocycles. The maximum atomic E-state index is 13.0. The maximum Gasteiger partial charge on any atom is 0.237 e. The predicted molar refractivity (Wildman–Crippen MR) is 106 cm³/mol. The number of amides is 1. The lowest BCUT2D eigenvalue weighted by Crippen LogP contribution is -2.47. The van der Waals surface area contributed by atoms with Crippen molar-refractivity contribution in [2.24, 2.45) is 5.92 Å². The fraction of sp³-hybridized carbons (Fsp3) is 0.619. The Morgan fingerprint density at radius 2 is 2.00 bits per heavy atom. The first-order valence-corrected chi connectivity index (χ1v) is 10.3. The summed E-state index contributed by atoms with van der Waals surface area (Å²) in [4.78, 5) is 26.6. The van der Waals surface area contributed by atoms with Crippen molar-refractivity contribution in [3.63, 3.8) is 0 Å². The number of carbonyl (C=O) groups is 2. The van der Waals surface area contributed by atoms with Gasteiger partial charge in [0.05, 0.1) is 19.1 Å². The van der Waals surface area contributed by atoms with Gasteiger partial charge in [0, 0.05) is 18.7 Å². The van der Waals surface area contributed by atoms with Gasteiger partial charge in [0.1, 0.15) is 6.61 Å². The molecule has 1 saturated carbocycles. The minimum Gasteiger partial charge on any atom is -0.377 e. The topological polar surface area (TPSA) is 58.6 Å². The van der Waals surface area contributed by atoms with Crippen molar-refractivity contribution in [2.75, 3.05) is 33.4 Å². The van der Waals surface area contributed by atoms with E-state index in [2.05, 4.69) is 17.4 Å². The number of nitrogens with one attached hydrogen (secondary N) is 1. The van der Waals surface area contributed by atoms with Crippen LogP contribution in [0.4, 0.5) is 0 Å². The Labute approximate surface area is 166 Å². The van der Waals surface area contributed by atoms with E-state index in [-0.39, 0.29) is 37.4 Å². The zero-order valence-corrected chi connectivity index (χ0v) is 16.8. The highest BCUT2D eigenvalue weighted by molar-refractivity contribution is 6.30. The molecule has 0 radical (unpaired) electrons. The first-order chi connectivity index (χ1) is 13.1. The van der Waals surface area contributed by atoms with Crippen molar-refractivity contribution < 1.29 is 14.3 Å². The van der Waals surface area contributed by atoms with Crippen LogP contribution in [-0.4, -0.2) is 49.9 Å². The quantitative estimate of drug-likeness (QED) is 0.774. The third kappa shape index (κ3) is 5.09. The summed E-state index contributed by atoms with van der Waals surface area (Å²) in [6.45, 7) is 1.13. The van der Waals surface area contributed by atoms with Gasteiger partial charge in [0.2, 0.25) is 5.91 Å². The highest BCUT2D eigenvalue weighted by atomic mass is 35.5. The van der Waals surface area contributed by atoms with E-state index >= 15 is 0 Å². The highest BCUT2D eigenvalue weighted by Crippen LogP contribution is 2.42. The SMILES string of the molecule is COCC(=O)CNCC(=O)N1CCc2cc(Cl)ccc2C1C1CCCCC1. The first-order valence-electron chi connectivity index (χ1n) is 9.89. The predicted octanol–water partition coefficient (Wildman–Crippen LogP) is 3.15. The van der Waals surface area contributed by atoms with Crippen LogP contribution in [0.15, 0.2) is 18.2 Å². The molecule has 1 fully saturated rings. The second-order valence-electron chi connectivity index (χ2n) is 7.60. The largest absolute Gasteiger partial charge is 0.377 e. The number of methoxy groups -OCH3 is 1. The number of benzene rings is 1. The Kier molecular flexibility index (Phi) is 7.27. The van der Waals surface area contributed by atoms with Gasteiger partial charge in [-0.2, -0.15) is 0 Å². The average molecular weight is 393 g/mol. The monoisotopic (exact) mass is 392 g/mol. The van der Waals surface area contributed by atoms with E-state index in [1.54, 1.807) is 0 Å². The lowest BCUT2D eigenvalue weighted by atomic mass is 9.77. The molecule has 6 heteroatoms. The molecule has 3 rings (SSSR count). The lowest BCUT2D eigenvalue weighted by molar-refractivity contribution is -0.135. The number of ether oxygens (including phenoxy) is 1. The van der Waals surface area contributed by atoms with Gasteiger partial charge in [-0.25, -0.2) is 0 Å². The number of nitrogens with zero attached hydrogens (tertiary/aromatic N) is 1. The summed E-state index contributed by atoms with van der Waals surface area (Å²) in [6.07, 6.45) is 6.90. The van der Waals surface area contributed by atoms with Crippen LogP contribution in [0.2, 0.25) is 5.02 Å². The number of fused-ring (bicyclic) bond motifs is 1. The molecule has 1 N–H and O–H groups in total. The third-order valence-corrected chi connectivity index (χ3v) is 5.94. The maximum absolute atomic E-state index is 13.0. The van der Waals surface area contributed by atoms with Gasteiger partial charge in [0.25, 0.3) is 0 Å². The average Bonchev–Trinajstić information content (AvgIpc) is 2.67. The van der Waals surface area contributed by atoms with Gasteiger partial charge in [-0.15, -0.1) is 0 Å². The van der Waals surface area contributed by atoms with Gasteiger partial charge in [-0.05, 0) is 48.4 Å². The summed E-state index contributed by atoms with van der Waals surface area (Å²) < 4.78 is 4.83. The van der Waals surface area contributed by atoms with E-state index in [1.165, 1.54) is 37.5 Å². The molecule has 1 aliphatic heterocycles. The fourth-order valence-electron chi connectivity index (χ4n) is 4.49. The standard InChI is InChI=1S/C21H29ClN2O3/c1-27-14-18(25)12-23-13-20(26)24-10-9-16-11-17(22)7-8-19(16)21(24)15-5-3-2-4-6-15/h7-8,11,15,21,23H,2-6,9-10,12-14H2,1H3. The Balaban J connectivity index is 1.73. The van der Waals surface area contributed by atoms with Crippen LogP contribution < -0.4 is 5.32 Å². The van der Waals surface area contributed by atoms with Crippen molar-refractivity contribution >= 4 is 23.3 Å². The molecule has 148 valence electrons. The van der Waals surface area contributed by atoms with E-state index in [1.807, 2.05) is 11.0 Å². The molecule has 0 spiro atoms. The van der Waals surface area contributed by atoms with Crippen molar-refractivity contribution in [1.29, 1.82) is 0 Å². The molecule has 0 bridgehead atoms. The van der Waals surface area contributed by atoms with Gasteiger partial charge in [-0.1, -0.05) is 36.9 Å². The van der Waals surface area contributed by atoms with Crippen LogP contribution in [0, 0.1) is 5.92 Å². The number of hydrogen-bond acceptors (Lipinski definition) is 4. The molecule has 2 aliphatic rings. The van der Waals surface area contributed by atoms with Crippen molar-refractivity contribution in [3.8, 4) is 0 Å². The van der Waals surface area contributed by atoms with Crippen molar-refractivity contribution in [3.05, 3.63) is 34.3 Å². The van der Waals surface area contributed by atoms with E-state index in [4.69, 9.17) is 16.3 Å².